The van der Waals surface area contributed by atoms with Crippen LogP contribution in [0.15, 0.2) is 42.5 Å². The van der Waals surface area contributed by atoms with Gasteiger partial charge in [-0.1, -0.05) is 12.1 Å². The van der Waals surface area contributed by atoms with Crippen molar-refractivity contribution in [2.75, 3.05) is 17.0 Å². The molecule has 24 heavy (non-hydrogen) atoms. The van der Waals surface area contributed by atoms with Crippen LogP contribution >= 0.6 is 0 Å². The van der Waals surface area contributed by atoms with E-state index in [9.17, 15) is 14.4 Å². The molecule has 7 nitrogen and oxygen atoms in total. The van der Waals surface area contributed by atoms with Crippen LogP contribution < -0.4 is 19.7 Å². The van der Waals surface area contributed by atoms with Gasteiger partial charge in [-0.2, -0.15) is 0 Å². The number of hydrogen-bond donors (Lipinski definition) is 1. The molecule has 3 rings (SSSR count). The average molecular weight is 326 g/mol. The molecule has 0 atom stereocenters. The molecule has 0 radical (unpaired) electrons. The highest BCUT2D eigenvalue weighted by molar-refractivity contribution is 6.12. The SMILES string of the molecule is CC(=O)c1cccc(NC(=O)N(C=O)c2ccc3c(c2)OCO3)c1. The van der Waals surface area contributed by atoms with Crippen molar-refractivity contribution in [2.45, 2.75) is 6.92 Å². The molecule has 0 saturated carbocycles. The van der Waals surface area contributed by atoms with Crippen LogP contribution in [0.2, 0.25) is 0 Å². The van der Waals surface area contributed by atoms with Gasteiger partial charge in [0.25, 0.3) is 0 Å². The number of rotatable bonds is 4. The van der Waals surface area contributed by atoms with E-state index < -0.39 is 6.03 Å². The maximum absolute atomic E-state index is 12.4. The van der Waals surface area contributed by atoms with Crippen molar-refractivity contribution in [1.29, 1.82) is 0 Å². The lowest BCUT2D eigenvalue weighted by molar-refractivity contribution is -0.106. The van der Waals surface area contributed by atoms with Gasteiger partial charge in [-0.3, -0.25) is 9.59 Å². The second-order valence-corrected chi connectivity index (χ2v) is 5.08. The quantitative estimate of drug-likeness (QED) is 0.690. The molecule has 1 aliphatic rings. The highest BCUT2D eigenvalue weighted by Gasteiger charge is 2.20. The van der Waals surface area contributed by atoms with Gasteiger partial charge in [-0.05, 0) is 31.2 Å². The van der Waals surface area contributed by atoms with Crippen molar-refractivity contribution in [2.24, 2.45) is 0 Å². The smallest absolute Gasteiger partial charge is 0.332 e. The lowest BCUT2D eigenvalue weighted by Gasteiger charge is -2.17. The van der Waals surface area contributed by atoms with E-state index in [1.165, 1.54) is 6.92 Å². The summed E-state index contributed by atoms with van der Waals surface area (Å²) in [5.41, 5.74) is 1.23. The summed E-state index contributed by atoms with van der Waals surface area (Å²) in [6, 6.07) is 10.6. The number of Topliss-reactive ketones (excluding diaryl/α,β-unsaturated/α-hetero) is 1. The maximum Gasteiger partial charge on any atom is 0.332 e. The molecule has 2 aromatic rings. The number of imide groups is 1. The molecule has 0 aromatic heterocycles. The standard InChI is InChI=1S/C17H14N2O5/c1-11(21)12-3-2-4-13(7-12)18-17(22)19(9-20)14-5-6-15-16(8-14)24-10-23-15/h2-9H,10H2,1H3,(H,18,22). The average Bonchev–Trinajstić information content (AvgIpc) is 3.03. The number of carbonyl (C=O) groups is 3. The first kappa shape index (κ1) is 15.5. The van der Waals surface area contributed by atoms with Crippen LogP contribution in [0.5, 0.6) is 11.5 Å². The van der Waals surface area contributed by atoms with Crippen LogP contribution in [0.4, 0.5) is 16.2 Å². The fraction of sp³-hybridized carbons (Fsp3) is 0.118. The molecule has 0 spiro atoms. The molecule has 1 aliphatic heterocycles. The van der Waals surface area contributed by atoms with Crippen LogP contribution in [-0.4, -0.2) is 25.0 Å². The van der Waals surface area contributed by atoms with E-state index in [0.717, 1.165) is 4.90 Å². The third-order valence-electron chi connectivity index (χ3n) is 3.48. The van der Waals surface area contributed by atoms with E-state index in [1.54, 1.807) is 42.5 Å². The molecule has 0 saturated heterocycles. The number of nitrogens with zero attached hydrogens (tertiary/aromatic N) is 1. The Balaban J connectivity index is 1.81. The van der Waals surface area contributed by atoms with Gasteiger partial charge in [0.2, 0.25) is 13.2 Å². The van der Waals surface area contributed by atoms with Crippen molar-refractivity contribution >= 4 is 29.6 Å². The first-order valence-electron chi connectivity index (χ1n) is 7.14. The molecule has 1 N–H and O–H groups in total. The number of benzene rings is 2. The van der Waals surface area contributed by atoms with Crippen molar-refractivity contribution < 1.29 is 23.9 Å². The van der Waals surface area contributed by atoms with Gasteiger partial charge in [-0.25, -0.2) is 9.69 Å². The second kappa shape index (κ2) is 6.41. The zero-order chi connectivity index (χ0) is 17.1. The molecule has 0 bridgehead atoms. The lowest BCUT2D eigenvalue weighted by Crippen LogP contribution is -2.33. The van der Waals surface area contributed by atoms with Crippen LogP contribution in [0.3, 0.4) is 0 Å². The molecule has 0 unspecified atom stereocenters. The molecule has 1 heterocycles. The topological polar surface area (TPSA) is 84.9 Å². The molecule has 3 amide bonds. The van der Waals surface area contributed by atoms with Gasteiger partial charge in [0.1, 0.15) is 0 Å². The van der Waals surface area contributed by atoms with E-state index in [1.807, 2.05) is 0 Å². The normalized spacial score (nSPS) is 11.7. The minimum absolute atomic E-state index is 0.101. The third-order valence-corrected chi connectivity index (χ3v) is 3.48. The molecular formula is C17H14N2O5. The van der Waals surface area contributed by atoms with E-state index >= 15 is 0 Å². The van der Waals surface area contributed by atoms with Crippen LogP contribution in [0.25, 0.3) is 0 Å². The molecule has 0 fully saturated rings. The number of ether oxygens (including phenoxy) is 2. The van der Waals surface area contributed by atoms with Crippen molar-refractivity contribution in [3.8, 4) is 11.5 Å². The van der Waals surface area contributed by atoms with Gasteiger partial charge in [-0.15, -0.1) is 0 Å². The van der Waals surface area contributed by atoms with Crippen molar-refractivity contribution in [3.05, 3.63) is 48.0 Å². The third kappa shape index (κ3) is 3.05. The maximum atomic E-state index is 12.4. The molecule has 122 valence electrons. The van der Waals surface area contributed by atoms with Gasteiger partial charge < -0.3 is 14.8 Å². The summed E-state index contributed by atoms with van der Waals surface area (Å²) in [5, 5.41) is 2.59. The number of urea groups is 1. The number of carbonyl (C=O) groups excluding carboxylic acids is 3. The number of hydrogen-bond acceptors (Lipinski definition) is 5. The molecule has 7 heteroatoms. The Kier molecular flexibility index (Phi) is 4.15. The lowest BCUT2D eigenvalue weighted by atomic mass is 10.1. The van der Waals surface area contributed by atoms with Gasteiger partial charge in [0, 0.05) is 17.3 Å². The van der Waals surface area contributed by atoms with Crippen LogP contribution in [0.1, 0.15) is 17.3 Å². The van der Waals surface area contributed by atoms with Crippen LogP contribution in [0, 0.1) is 0 Å². The Morgan fingerprint density at radius 2 is 1.92 bits per heavy atom. The minimum atomic E-state index is -0.649. The Labute approximate surface area is 137 Å². The summed E-state index contributed by atoms with van der Waals surface area (Å²) < 4.78 is 10.4. The number of fused-ring (bicyclic) bond motifs is 1. The number of ketones is 1. The predicted octanol–water partition coefficient (Wildman–Crippen LogP) is 2.81. The summed E-state index contributed by atoms with van der Waals surface area (Å²) in [6.45, 7) is 1.54. The first-order chi connectivity index (χ1) is 11.6. The summed E-state index contributed by atoms with van der Waals surface area (Å²) >= 11 is 0. The van der Waals surface area contributed by atoms with Crippen LogP contribution in [-0.2, 0) is 4.79 Å². The van der Waals surface area contributed by atoms with E-state index in [-0.39, 0.29) is 12.6 Å². The minimum Gasteiger partial charge on any atom is -0.454 e. The Morgan fingerprint density at radius 1 is 1.12 bits per heavy atom. The fourth-order valence-corrected chi connectivity index (χ4v) is 2.26. The van der Waals surface area contributed by atoms with Gasteiger partial charge in [0.05, 0.1) is 5.69 Å². The fourth-order valence-electron chi connectivity index (χ4n) is 2.26. The zero-order valence-electron chi connectivity index (χ0n) is 12.8. The first-order valence-corrected chi connectivity index (χ1v) is 7.14. The Morgan fingerprint density at radius 3 is 2.67 bits per heavy atom. The van der Waals surface area contributed by atoms with E-state index in [2.05, 4.69) is 5.32 Å². The molecule has 0 aliphatic carbocycles. The Bertz CT molecular complexity index is 818. The number of amides is 3. The Hall–Kier alpha value is -3.35. The summed E-state index contributed by atoms with van der Waals surface area (Å²) in [7, 11) is 0. The summed E-state index contributed by atoms with van der Waals surface area (Å²) in [6.07, 6.45) is 0.404. The second-order valence-electron chi connectivity index (χ2n) is 5.08. The molecule has 2 aromatic carbocycles. The van der Waals surface area contributed by atoms with Gasteiger partial charge in [0.15, 0.2) is 17.3 Å². The highest BCUT2D eigenvalue weighted by Crippen LogP contribution is 2.35. The summed E-state index contributed by atoms with van der Waals surface area (Å²) in [4.78, 5) is 36.0. The van der Waals surface area contributed by atoms with E-state index in [4.69, 9.17) is 9.47 Å². The summed E-state index contributed by atoms with van der Waals surface area (Å²) in [5.74, 6) is 0.902. The zero-order valence-corrected chi connectivity index (χ0v) is 12.8. The van der Waals surface area contributed by atoms with Gasteiger partial charge >= 0.3 is 6.03 Å². The molecular weight excluding hydrogens is 312 g/mol. The highest BCUT2D eigenvalue weighted by atomic mass is 16.7. The number of nitrogens with one attached hydrogen (secondary N) is 1. The van der Waals surface area contributed by atoms with Crippen molar-refractivity contribution in [3.63, 3.8) is 0 Å². The monoisotopic (exact) mass is 326 g/mol. The number of anilines is 2. The predicted molar refractivity (Wildman–Crippen MR) is 86.6 cm³/mol. The largest absolute Gasteiger partial charge is 0.454 e. The van der Waals surface area contributed by atoms with E-state index in [0.29, 0.717) is 34.8 Å². The van der Waals surface area contributed by atoms with Crippen molar-refractivity contribution in [1.82, 2.24) is 0 Å².